The van der Waals surface area contributed by atoms with Crippen molar-refractivity contribution in [2.24, 2.45) is 23.7 Å². The fourth-order valence-corrected chi connectivity index (χ4v) is 2.91. The van der Waals surface area contributed by atoms with Crippen LogP contribution >= 0.6 is 0 Å². The third-order valence-corrected chi connectivity index (χ3v) is 4.50. The fraction of sp³-hybridized carbons (Fsp3) is 0.846. The predicted octanol–water partition coefficient (Wildman–Crippen LogP) is 1.40. The van der Waals surface area contributed by atoms with Crippen LogP contribution in [0.1, 0.15) is 38.5 Å². The van der Waals surface area contributed by atoms with E-state index in [-0.39, 0.29) is 11.8 Å². The standard InChI is InChI=1S/C13H19NO3/c15-12(9-5-6-10(9)13(16)17)14-11(7-1-2-7)8-3-4-8/h7-11H,1-6H2,(H,14,15)(H,16,17). The Morgan fingerprint density at radius 1 is 0.941 bits per heavy atom. The molecule has 2 atom stereocenters. The summed E-state index contributed by atoms with van der Waals surface area (Å²) < 4.78 is 0. The lowest BCUT2D eigenvalue weighted by atomic mass is 9.73. The van der Waals surface area contributed by atoms with Gasteiger partial charge in [-0.2, -0.15) is 0 Å². The second kappa shape index (κ2) is 4.00. The summed E-state index contributed by atoms with van der Waals surface area (Å²) in [4.78, 5) is 22.9. The summed E-state index contributed by atoms with van der Waals surface area (Å²) in [7, 11) is 0. The van der Waals surface area contributed by atoms with Gasteiger partial charge < -0.3 is 10.4 Å². The van der Waals surface area contributed by atoms with Gasteiger partial charge in [0, 0.05) is 6.04 Å². The van der Waals surface area contributed by atoms with Gasteiger partial charge in [-0.15, -0.1) is 0 Å². The van der Waals surface area contributed by atoms with Gasteiger partial charge in [0.15, 0.2) is 0 Å². The monoisotopic (exact) mass is 237 g/mol. The lowest BCUT2D eigenvalue weighted by Crippen LogP contribution is -2.48. The maximum Gasteiger partial charge on any atom is 0.307 e. The predicted molar refractivity (Wildman–Crippen MR) is 61.2 cm³/mol. The highest BCUT2D eigenvalue weighted by Gasteiger charge is 2.46. The van der Waals surface area contributed by atoms with Crippen molar-refractivity contribution in [1.29, 1.82) is 0 Å². The number of carbonyl (C=O) groups is 2. The smallest absolute Gasteiger partial charge is 0.307 e. The quantitative estimate of drug-likeness (QED) is 0.759. The molecule has 0 spiro atoms. The molecule has 3 rings (SSSR count). The molecule has 0 aromatic heterocycles. The van der Waals surface area contributed by atoms with E-state index < -0.39 is 11.9 Å². The number of carboxylic acid groups (broad SMARTS) is 1. The van der Waals surface area contributed by atoms with Crippen molar-refractivity contribution in [3.63, 3.8) is 0 Å². The van der Waals surface area contributed by atoms with Crippen LogP contribution < -0.4 is 5.32 Å². The minimum atomic E-state index is -0.814. The Morgan fingerprint density at radius 3 is 1.82 bits per heavy atom. The summed E-state index contributed by atoms with van der Waals surface area (Å²) >= 11 is 0. The van der Waals surface area contributed by atoms with E-state index in [1.165, 1.54) is 25.7 Å². The molecule has 2 N–H and O–H groups in total. The first kappa shape index (κ1) is 11.1. The average Bonchev–Trinajstić information content (AvgIpc) is 3.05. The largest absolute Gasteiger partial charge is 0.481 e. The van der Waals surface area contributed by atoms with Crippen molar-refractivity contribution in [2.45, 2.75) is 44.6 Å². The summed E-state index contributed by atoms with van der Waals surface area (Å²) in [6.45, 7) is 0. The first-order chi connectivity index (χ1) is 8.16. The summed E-state index contributed by atoms with van der Waals surface area (Å²) in [5.41, 5.74) is 0. The third kappa shape index (κ3) is 2.17. The van der Waals surface area contributed by atoms with Crippen LogP contribution in [0.25, 0.3) is 0 Å². The molecule has 0 heterocycles. The van der Waals surface area contributed by atoms with Gasteiger partial charge in [0.05, 0.1) is 11.8 Å². The Bertz CT molecular complexity index is 335. The van der Waals surface area contributed by atoms with Crippen molar-refractivity contribution in [3.8, 4) is 0 Å². The van der Waals surface area contributed by atoms with Crippen LogP contribution in [0.2, 0.25) is 0 Å². The highest BCUT2D eigenvalue weighted by atomic mass is 16.4. The molecule has 1 amide bonds. The van der Waals surface area contributed by atoms with Crippen LogP contribution in [0.4, 0.5) is 0 Å². The number of rotatable bonds is 5. The number of carboxylic acids is 1. The number of hydrogen-bond donors (Lipinski definition) is 2. The van der Waals surface area contributed by atoms with Crippen molar-refractivity contribution in [1.82, 2.24) is 5.32 Å². The maximum absolute atomic E-state index is 12.0. The molecule has 0 aromatic carbocycles. The molecule has 3 saturated carbocycles. The van der Waals surface area contributed by atoms with Crippen molar-refractivity contribution >= 4 is 11.9 Å². The number of nitrogens with one attached hydrogen (secondary N) is 1. The number of amides is 1. The molecule has 2 unspecified atom stereocenters. The molecule has 0 bridgehead atoms. The second-order valence-corrected chi connectivity index (χ2v) is 5.84. The molecular weight excluding hydrogens is 218 g/mol. The molecule has 0 aliphatic heterocycles. The van der Waals surface area contributed by atoms with E-state index in [4.69, 9.17) is 5.11 Å². The SMILES string of the molecule is O=C(O)C1CCC1C(=O)NC(C1CC1)C1CC1. The Hall–Kier alpha value is -1.06. The van der Waals surface area contributed by atoms with E-state index >= 15 is 0 Å². The fourth-order valence-electron chi connectivity index (χ4n) is 2.91. The van der Waals surface area contributed by atoms with Gasteiger partial charge in [-0.3, -0.25) is 9.59 Å². The van der Waals surface area contributed by atoms with Gasteiger partial charge in [0.25, 0.3) is 0 Å². The van der Waals surface area contributed by atoms with Gasteiger partial charge in [0.2, 0.25) is 5.91 Å². The summed E-state index contributed by atoms with van der Waals surface area (Å²) in [5.74, 6) is -0.176. The summed E-state index contributed by atoms with van der Waals surface area (Å²) in [6, 6.07) is 0.345. The Kier molecular flexibility index (Phi) is 2.60. The van der Waals surface area contributed by atoms with Crippen LogP contribution in [0.5, 0.6) is 0 Å². The molecule has 3 aliphatic carbocycles. The molecule has 4 nitrogen and oxygen atoms in total. The minimum absolute atomic E-state index is 0.00699. The Balaban J connectivity index is 1.56. The zero-order valence-electron chi connectivity index (χ0n) is 9.89. The number of aliphatic carboxylic acids is 1. The Morgan fingerprint density at radius 2 is 1.47 bits per heavy atom. The van der Waals surface area contributed by atoms with Crippen molar-refractivity contribution in [2.75, 3.05) is 0 Å². The molecule has 3 fully saturated rings. The Labute approximate surface area is 101 Å². The second-order valence-electron chi connectivity index (χ2n) is 5.84. The summed E-state index contributed by atoms with van der Waals surface area (Å²) in [6.07, 6.45) is 6.32. The van der Waals surface area contributed by atoms with E-state index in [0.717, 1.165) is 6.42 Å². The third-order valence-electron chi connectivity index (χ3n) is 4.50. The average molecular weight is 237 g/mol. The van der Waals surface area contributed by atoms with Crippen LogP contribution in [0.3, 0.4) is 0 Å². The molecule has 4 heteroatoms. The molecule has 0 saturated heterocycles. The van der Waals surface area contributed by atoms with Gasteiger partial charge in [-0.25, -0.2) is 0 Å². The van der Waals surface area contributed by atoms with E-state index in [1.54, 1.807) is 0 Å². The van der Waals surface area contributed by atoms with Gasteiger partial charge in [-0.1, -0.05) is 0 Å². The molecule has 94 valence electrons. The van der Waals surface area contributed by atoms with Crippen LogP contribution in [0.15, 0.2) is 0 Å². The highest BCUT2D eigenvalue weighted by Crippen LogP contribution is 2.45. The van der Waals surface area contributed by atoms with E-state index in [2.05, 4.69) is 5.32 Å². The topological polar surface area (TPSA) is 66.4 Å². The van der Waals surface area contributed by atoms with E-state index in [1.807, 2.05) is 0 Å². The number of hydrogen-bond acceptors (Lipinski definition) is 2. The van der Waals surface area contributed by atoms with Crippen LogP contribution in [-0.4, -0.2) is 23.0 Å². The highest BCUT2D eigenvalue weighted by molar-refractivity contribution is 5.86. The van der Waals surface area contributed by atoms with Crippen molar-refractivity contribution in [3.05, 3.63) is 0 Å². The molecule has 0 radical (unpaired) electrons. The zero-order chi connectivity index (χ0) is 12.0. The molecular formula is C13H19NO3. The van der Waals surface area contributed by atoms with Crippen LogP contribution in [-0.2, 0) is 9.59 Å². The summed E-state index contributed by atoms with van der Waals surface area (Å²) in [5, 5.41) is 12.1. The van der Waals surface area contributed by atoms with Crippen LogP contribution in [0, 0.1) is 23.7 Å². The molecule has 0 aromatic rings. The minimum Gasteiger partial charge on any atom is -0.481 e. The van der Waals surface area contributed by atoms with Crippen molar-refractivity contribution < 1.29 is 14.7 Å². The first-order valence-corrected chi connectivity index (χ1v) is 6.70. The lowest BCUT2D eigenvalue weighted by molar-refractivity contribution is -0.153. The zero-order valence-corrected chi connectivity index (χ0v) is 9.89. The van der Waals surface area contributed by atoms with Gasteiger partial charge >= 0.3 is 5.97 Å². The van der Waals surface area contributed by atoms with E-state index in [9.17, 15) is 9.59 Å². The van der Waals surface area contributed by atoms with E-state index in [0.29, 0.717) is 24.3 Å². The lowest BCUT2D eigenvalue weighted by Gasteiger charge is -2.33. The van der Waals surface area contributed by atoms with Gasteiger partial charge in [0.1, 0.15) is 0 Å². The first-order valence-electron chi connectivity index (χ1n) is 6.70. The molecule has 3 aliphatic rings. The number of carbonyl (C=O) groups excluding carboxylic acids is 1. The molecule has 17 heavy (non-hydrogen) atoms. The normalized spacial score (nSPS) is 32.1. The van der Waals surface area contributed by atoms with Gasteiger partial charge in [-0.05, 0) is 50.4 Å². The maximum atomic E-state index is 12.0.